The maximum atomic E-state index is 6.00. The fourth-order valence-electron chi connectivity index (χ4n) is 2.16. The van der Waals surface area contributed by atoms with Crippen molar-refractivity contribution in [3.8, 4) is 0 Å². The number of aromatic nitrogens is 3. The first kappa shape index (κ1) is 13.4. The lowest BCUT2D eigenvalue weighted by molar-refractivity contribution is 0.639. The predicted octanol–water partition coefficient (Wildman–Crippen LogP) is 1.95. The summed E-state index contributed by atoms with van der Waals surface area (Å²) in [4.78, 5) is 17.6. The molecular weight excluding hydrogens is 296 g/mol. The Hall–Kier alpha value is -1.60. The highest BCUT2D eigenvalue weighted by Crippen LogP contribution is 2.23. The standard InChI is InChI=1S/C12H15ClN6S/c1-14-10-9(13)8-16-11(17-10)18-3-5-19(6-4-18)12-15-2-7-20-12/h2,7-8H,3-6H2,1H3,(H,14,16,17). The minimum absolute atomic E-state index is 0.540. The smallest absolute Gasteiger partial charge is 0.227 e. The molecule has 0 bridgehead atoms. The third-order valence-corrected chi connectivity index (χ3v) is 4.33. The maximum absolute atomic E-state index is 6.00. The number of piperazine rings is 1. The minimum Gasteiger partial charge on any atom is -0.372 e. The van der Waals surface area contributed by atoms with E-state index >= 15 is 0 Å². The second-order valence-corrected chi connectivity index (χ2v) is 5.69. The molecule has 2 aromatic rings. The van der Waals surface area contributed by atoms with Gasteiger partial charge < -0.3 is 15.1 Å². The lowest BCUT2D eigenvalue weighted by atomic mass is 10.3. The molecule has 0 unspecified atom stereocenters. The number of nitrogens with zero attached hydrogens (tertiary/aromatic N) is 5. The van der Waals surface area contributed by atoms with Crippen LogP contribution in [0.1, 0.15) is 0 Å². The van der Waals surface area contributed by atoms with Crippen molar-refractivity contribution in [2.45, 2.75) is 0 Å². The van der Waals surface area contributed by atoms with Crippen molar-refractivity contribution >= 4 is 39.8 Å². The largest absolute Gasteiger partial charge is 0.372 e. The number of nitrogens with one attached hydrogen (secondary N) is 1. The fourth-order valence-corrected chi connectivity index (χ4v) is 3.04. The van der Waals surface area contributed by atoms with Crippen LogP contribution in [-0.4, -0.2) is 48.2 Å². The van der Waals surface area contributed by atoms with Gasteiger partial charge in [-0.3, -0.25) is 0 Å². The van der Waals surface area contributed by atoms with E-state index in [9.17, 15) is 0 Å². The monoisotopic (exact) mass is 310 g/mol. The van der Waals surface area contributed by atoms with Gasteiger partial charge in [0, 0.05) is 44.8 Å². The van der Waals surface area contributed by atoms with Crippen molar-refractivity contribution in [3.63, 3.8) is 0 Å². The molecule has 3 rings (SSSR count). The van der Waals surface area contributed by atoms with Crippen molar-refractivity contribution in [2.24, 2.45) is 0 Å². The zero-order valence-corrected chi connectivity index (χ0v) is 12.7. The average molecular weight is 311 g/mol. The topological polar surface area (TPSA) is 57.2 Å². The van der Waals surface area contributed by atoms with Gasteiger partial charge in [0.1, 0.15) is 10.8 Å². The van der Waals surface area contributed by atoms with Gasteiger partial charge in [-0.25, -0.2) is 9.97 Å². The van der Waals surface area contributed by atoms with Gasteiger partial charge in [0.15, 0.2) is 5.13 Å². The lowest BCUT2D eigenvalue weighted by Gasteiger charge is -2.34. The Morgan fingerprint density at radius 3 is 2.60 bits per heavy atom. The molecule has 1 fully saturated rings. The van der Waals surface area contributed by atoms with Crippen LogP contribution in [0.4, 0.5) is 16.9 Å². The molecule has 0 atom stereocenters. The van der Waals surface area contributed by atoms with E-state index in [4.69, 9.17) is 11.6 Å². The van der Waals surface area contributed by atoms with Gasteiger partial charge in [-0.1, -0.05) is 11.6 Å². The summed E-state index contributed by atoms with van der Waals surface area (Å²) in [5.74, 6) is 1.39. The van der Waals surface area contributed by atoms with E-state index in [-0.39, 0.29) is 0 Å². The Morgan fingerprint density at radius 1 is 1.20 bits per heavy atom. The van der Waals surface area contributed by atoms with E-state index in [0.717, 1.165) is 37.3 Å². The molecule has 8 heteroatoms. The lowest BCUT2D eigenvalue weighted by Crippen LogP contribution is -2.47. The average Bonchev–Trinajstić information content (AvgIpc) is 3.02. The Kier molecular flexibility index (Phi) is 3.88. The fraction of sp³-hybridized carbons (Fsp3) is 0.417. The molecule has 1 saturated heterocycles. The van der Waals surface area contributed by atoms with Crippen molar-refractivity contribution in [2.75, 3.05) is 48.3 Å². The molecule has 1 N–H and O–H groups in total. The van der Waals surface area contributed by atoms with Crippen LogP contribution < -0.4 is 15.1 Å². The van der Waals surface area contributed by atoms with E-state index in [1.165, 1.54) is 0 Å². The van der Waals surface area contributed by atoms with E-state index in [1.54, 1.807) is 24.6 Å². The molecule has 0 saturated carbocycles. The summed E-state index contributed by atoms with van der Waals surface area (Å²) < 4.78 is 0. The van der Waals surface area contributed by atoms with Crippen LogP contribution in [0.15, 0.2) is 17.8 Å². The molecule has 0 aliphatic carbocycles. The molecule has 0 radical (unpaired) electrons. The number of hydrogen-bond donors (Lipinski definition) is 1. The van der Waals surface area contributed by atoms with Gasteiger partial charge in [-0.05, 0) is 0 Å². The Balaban J connectivity index is 1.69. The van der Waals surface area contributed by atoms with E-state index < -0.39 is 0 Å². The zero-order chi connectivity index (χ0) is 13.9. The van der Waals surface area contributed by atoms with E-state index in [2.05, 4.69) is 30.1 Å². The molecule has 3 heterocycles. The molecule has 106 valence electrons. The van der Waals surface area contributed by atoms with Gasteiger partial charge >= 0.3 is 0 Å². The molecule has 0 aromatic carbocycles. The minimum atomic E-state index is 0.540. The van der Waals surface area contributed by atoms with Crippen LogP contribution in [0.5, 0.6) is 0 Å². The number of hydrogen-bond acceptors (Lipinski definition) is 7. The van der Waals surface area contributed by atoms with E-state index in [0.29, 0.717) is 10.8 Å². The second kappa shape index (κ2) is 5.80. The summed E-state index contributed by atoms with van der Waals surface area (Å²) >= 11 is 7.68. The van der Waals surface area contributed by atoms with Crippen LogP contribution in [0, 0.1) is 0 Å². The highest BCUT2D eigenvalue weighted by molar-refractivity contribution is 7.13. The number of anilines is 3. The Labute approximate surface area is 126 Å². The molecule has 2 aromatic heterocycles. The van der Waals surface area contributed by atoms with Crippen molar-refractivity contribution in [1.29, 1.82) is 0 Å². The molecule has 0 spiro atoms. The molecule has 20 heavy (non-hydrogen) atoms. The Morgan fingerprint density at radius 2 is 1.95 bits per heavy atom. The van der Waals surface area contributed by atoms with Crippen molar-refractivity contribution in [3.05, 3.63) is 22.8 Å². The summed E-state index contributed by atoms with van der Waals surface area (Å²) in [5.41, 5.74) is 0. The van der Waals surface area contributed by atoms with Gasteiger partial charge in [0.2, 0.25) is 5.95 Å². The van der Waals surface area contributed by atoms with Crippen molar-refractivity contribution < 1.29 is 0 Å². The van der Waals surface area contributed by atoms with Gasteiger partial charge in [0.05, 0.1) is 6.20 Å². The first-order chi connectivity index (χ1) is 9.78. The van der Waals surface area contributed by atoms with Crippen LogP contribution in [0.2, 0.25) is 5.02 Å². The number of halogens is 1. The van der Waals surface area contributed by atoms with Crippen LogP contribution in [0.3, 0.4) is 0 Å². The quantitative estimate of drug-likeness (QED) is 0.935. The van der Waals surface area contributed by atoms with Crippen molar-refractivity contribution in [1.82, 2.24) is 15.0 Å². The summed E-state index contributed by atoms with van der Waals surface area (Å²) in [6, 6.07) is 0. The molecular formula is C12H15ClN6S. The molecule has 0 amide bonds. The van der Waals surface area contributed by atoms with Crippen LogP contribution in [0.25, 0.3) is 0 Å². The third-order valence-electron chi connectivity index (χ3n) is 3.22. The highest BCUT2D eigenvalue weighted by Gasteiger charge is 2.21. The van der Waals surface area contributed by atoms with E-state index in [1.807, 2.05) is 11.6 Å². The van der Waals surface area contributed by atoms with Gasteiger partial charge in [-0.15, -0.1) is 11.3 Å². The predicted molar refractivity (Wildman–Crippen MR) is 83.1 cm³/mol. The van der Waals surface area contributed by atoms with Gasteiger partial charge in [-0.2, -0.15) is 4.98 Å². The second-order valence-electron chi connectivity index (χ2n) is 4.41. The number of rotatable bonds is 3. The van der Waals surface area contributed by atoms with Gasteiger partial charge in [0.25, 0.3) is 0 Å². The summed E-state index contributed by atoms with van der Waals surface area (Å²) in [6.07, 6.45) is 3.48. The molecule has 1 aliphatic heterocycles. The first-order valence-electron chi connectivity index (χ1n) is 6.37. The van der Waals surface area contributed by atoms with Crippen LogP contribution >= 0.6 is 22.9 Å². The summed E-state index contributed by atoms with van der Waals surface area (Å²) in [7, 11) is 1.80. The first-order valence-corrected chi connectivity index (χ1v) is 7.63. The number of thiazole rings is 1. The SMILES string of the molecule is CNc1nc(N2CCN(c3nccs3)CC2)ncc1Cl. The molecule has 1 aliphatic rings. The zero-order valence-electron chi connectivity index (χ0n) is 11.1. The summed E-state index contributed by atoms with van der Waals surface area (Å²) in [6.45, 7) is 3.61. The Bertz CT molecular complexity index is 567. The summed E-state index contributed by atoms with van der Waals surface area (Å²) in [5, 5.41) is 6.60. The molecule has 6 nitrogen and oxygen atoms in total. The third kappa shape index (κ3) is 2.64. The van der Waals surface area contributed by atoms with Crippen LogP contribution in [-0.2, 0) is 0 Å². The highest BCUT2D eigenvalue weighted by atomic mass is 35.5. The normalized spacial score (nSPS) is 15.5. The maximum Gasteiger partial charge on any atom is 0.227 e.